The minimum absolute atomic E-state index is 0.0818. The largest absolute Gasteiger partial charge is 0.481 e. The summed E-state index contributed by atoms with van der Waals surface area (Å²) in [6.07, 6.45) is -3.91. The predicted octanol–water partition coefficient (Wildman–Crippen LogP) is 4.35. The van der Waals surface area contributed by atoms with Crippen molar-refractivity contribution in [2.75, 3.05) is 7.11 Å². The zero-order valence-corrected chi connectivity index (χ0v) is 13.8. The van der Waals surface area contributed by atoms with Gasteiger partial charge >= 0.3 is 6.18 Å². The Morgan fingerprint density at radius 2 is 2.00 bits per heavy atom. The smallest absolute Gasteiger partial charge is 0.417 e. The number of halogens is 5. The third-order valence-electron chi connectivity index (χ3n) is 3.09. The maximum atomic E-state index is 13.1. The van der Waals surface area contributed by atoms with Gasteiger partial charge in [-0.2, -0.15) is 13.2 Å². The SMILES string of the molecule is COc1cc(C(F)(F)F)c(C(=O)NCc2cc(Cl)ccc2Cl)cn1. The Bertz CT molecular complexity index is 767. The number of hydrogen-bond acceptors (Lipinski definition) is 3. The number of nitrogens with zero attached hydrogens (tertiary/aromatic N) is 1. The number of amides is 1. The predicted molar refractivity (Wildman–Crippen MR) is 83.4 cm³/mol. The van der Waals surface area contributed by atoms with Crippen molar-refractivity contribution in [1.82, 2.24) is 10.3 Å². The number of carbonyl (C=O) groups excluding carboxylic acids is 1. The molecule has 1 heterocycles. The highest BCUT2D eigenvalue weighted by Gasteiger charge is 2.36. The summed E-state index contributed by atoms with van der Waals surface area (Å²) in [7, 11) is 1.18. The number of aromatic nitrogens is 1. The minimum atomic E-state index is -4.73. The van der Waals surface area contributed by atoms with Crippen LogP contribution in [0.3, 0.4) is 0 Å². The van der Waals surface area contributed by atoms with E-state index in [4.69, 9.17) is 23.2 Å². The molecule has 1 aromatic heterocycles. The van der Waals surface area contributed by atoms with Gasteiger partial charge in [-0.1, -0.05) is 23.2 Å². The molecule has 0 unspecified atom stereocenters. The van der Waals surface area contributed by atoms with Gasteiger partial charge in [0.15, 0.2) is 0 Å². The number of benzene rings is 1. The molecule has 0 fully saturated rings. The summed E-state index contributed by atoms with van der Waals surface area (Å²) in [5.41, 5.74) is -1.27. The van der Waals surface area contributed by atoms with E-state index >= 15 is 0 Å². The molecule has 2 aromatic rings. The fourth-order valence-electron chi connectivity index (χ4n) is 1.91. The Morgan fingerprint density at radius 3 is 2.62 bits per heavy atom. The van der Waals surface area contributed by atoms with Crippen molar-refractivity contribution in [1.29, 1.82) is 0 Å². The standard InChI is InChI=1S/C15H11Cl2F3N2O2/c1-24-13-5-11(15(18,19)20)10(7-21-13)14(23)22-6-8-4-9(16)2-3-12(8)17/h2-5,7H,6H2,1H3,(H,22,23). The summed E-state index contributed by atoms with van der Waals surface area (Å²) >= 11 is 11.8. The zero-order chi connectivity index (χ0) is 17.9. The highest BCUT2D eigenvalue weighted by atomic mass is 35.5. The summed E-state index contributed by atoms with van der Waals surface area (Å²) < 4.78 is 44.0. The maximum absolute atomic E-state index is 13.1. The van der Waals surface area contributed by atoms with E-state index in [1.807, 2.05) is 0 Å². The highest BCUT2D eigenvalue weighted by molar-refractivity contribution is 6.33. The number of pyridine rings is 1. The molecule has 24 heavy (non-hydrogen) atoms. The monoisotopic (exact) mass is 378 g/mol. The van der Waals surface area contributed by atoms with Crippen molar-refractivity contribution in [3.05, 3.63) is 57.2 Å². The number of alkyl halides is 3. The minimum Gasteiger partial charge on any atom is -0.481 e. The van der Waals surface area contributed by atoms with E-state index in [2.05, 4.69) is 15.0 Å². The molecule has 1 amide bonds. The molecule has 2 rings (SSSR count). The van der Waals surface area contributed by atoms with Gasteiger partial charge in [-0.25, -0.2) is 4.98 Å². The van der Waals surface area contributed by atoms with Crippen LogP contribution < -0.4 is 10.1 Å². The molecule has 9 heteroatoms. The second-order valence-corrected chi connectivity index (χ2v) is 5.53. The van der Waals surface area contributed by atoms with Gasteiger partial charge in [0.05, 0.1) is 18.2 Å². The first kappa shape index (κ1) is 18.4. The van der Waals surface area contributed by atoms with Crippen LogP contribution in [0.15, 0.2) is 30.5 Å². The van der Waals surface area contributed by atoms with Crippen LogP contribution in [-0.4, -0.2) is 18.0 Å². The van der Waals surface area contributed by atoms with E-state index in [-0.39, 0.29) is 12.4 Å². The Labute approximate surface area is 145 Å². The van der Waals surface area contributed by atoms with E-state index in [1.165, 1.54) is 19.2 Å². The second-order valence-electron chi connectivity index (χ2n) is 4.69. The average Bonchev–Trinajstić information content (AvgIpc) is 2.54. The summed E-state index contributed by atoms with van der Waals surface area (Å²) in [6, 6.07) is 5.27. The summed E-state index contributed by atoms with van der Waals surface area (Å²) in [6.45, 7) is -0.0818. The molecule has 0 bridgehead atoms. The molecule has 1 N–H and O–H groups in total. The Kier molecular flexibility index (Phi) is 5.56. The molecule has 0 radical (unpaired) electrons. The average molecular weight is 379 g/mol. The van der Waals surface area contributed by atoms with Crippen LogP contribution in [0.2, 0.25) is 10.0 Å². The van der Waals surface area contributed by atoms with Gasteiger partial charge in [-0.15, -0.1) is 0 Å². The van der Waals surface area contributed by atoms with Gasteiger partial charge in [0.2, 0.25) is 5.88 Å². The molecule has 0 aliphatic heterocycles. The van der Waals surface area contributed by atoms with E-state index < -0.39 is 23.2 Å². The van der Waals surface area contributed by atoms with Crippen molar-refractivity contribution >= 4 is 29.1 Å². The number of carbonyl (C=O) groups is 1. The molecule has 128 valence electrons. The van der Waals surface area contributed by atoms with E-state index in [0.29, 0.717) is 21.7 Å². The number of nitrogens with one attached hydrogen (secondary N) is 1. The van der Waals surface area contributed by atoms with Crippen LogP contribution in [0.25, 0.3) is 0 Å². The van der Waals surface area contributed by atoms with Crippen LogP contribution in [0.5, 0.6) is 5.88 Å². The van der Waals surface area contributed by atoms with Crippen molar-refractivity contribution in [3.8, 4) is 5.88 Å². The lowest BCUT2D eigenvalue weighted by molar-refractivity contribution is -0.138. The number of methoxy groups -OCH3 is 1. The van der Waals surface area contributed by atoms with Gasteiger partial charge in [0.1, 0.15) is 0 Å². The first-order chi connectivity index (χ1) is 11.2. The van der Waals surface area contributed by atoms with E-state index in [1.54, 1.807) is 6.07 Å². The first-order valence-corrected chi connectivity index (χ1v) is 7.31. The molecule has 0 saturated heterocycles. The summed E-state index contributed by atoms with van der Waals surface area (Å²) in [5.74, 6) is -1.18. The van der Waals surface area contributed by atoms with Gasteiger partial charge in [0, 0.05) is 28.9 Å². The highest BCUT2D eigenvalue weighted by Crippen LogP contribution is 2.33. The third kappa shape index (κ3) is 4.30. The number of hydrogen-bond donors (Lipinski definition) is 1. The fourth-order valence-corrected chi connectivity index (χ4v) is 2.29. The van der Waals surface area contributed by atoms with E-state index in [9.17, 15) is 18.0 Å². The normalized spacial score (nSPS) is 11.2. The van der Waals surface area contributed by atoms with Crippen molar-refractivity contribution < 1.29 is 22.7 Å². The molecular weight excluding hydrogens is 368 g/mol. The Morgan fingerprint density at radius 1 is 1.29 bits per heavy atom. The lowest BCUT2D eigenvalue weighted by Gasteiger charge is -2.14. The molecule has 0 atom stereocenters. The van der Waals surface area contributed by atoms with Gasteiger partial charge in [-0.3, -0.25) is 4.79 Å². The molecule has 1 aromatic carbocycles. The lowest BCUT2D eigenvalue weighted by Crippen LogP contribution is -2.26. The van der Waals surface area contributed by atoms with Gasteiger partial charge < -0.3 is 10.1 Å². The van der Waals surface area contributed by atoms with Crippen molar-refractivity contribution in [2.24, 2.45) is 0 Å². The Balaban J connectivity index is 2.25. The first-order valence-electron chi connectivity index (χ1n) is 6.55. The summed E-state index contributed by atoms with van der Waals surface area (Å²) in [5, 5.41) is 3.10. The summed E-state index contributed by atoms with van der Waals surface area (Å²) in [4.78, 5) is 15.8. The fraction of sp³-hybridized carbons (Fsp3) is 0.200. The van der Waals surface area contributed by atoms with Crippen LogP contribution in [0.4, 0.5) is 13.2 Å². The van der Waals surface area contributed by atoms with Crippen LogP contribution >= 0.6 is 23.2 Å². The molecular formula is C15H11Cl2F3N2O2. The molecule has 0 aliphatic carbocycles. The van der Waals surface area contributed by atoms with Gasteiger partial charge in [0.25, 0.3) is 5.91 Å². The Hall–Kier alpha value is -1.99. The number of rotatable bonds is 4. The second kappa shape index (κ2) is 7.27. The molecule has 0 saturated carbocycles. The van der Waals surface area contributed by atoms with Crippen molar-refractivity contribution in [2.45, 2.75) is 12.7 Å². The van der Waals surface area contributed by atoms with Crippen molar-refractivity contribution in [3.63, 3.8) is 0 Å². The lowest BCUT2D eigenvalue weighted by atomic mass is 10.1. The quantitative estimate of drug-likeness (QED) is 0.860. The maximum Gasteiger partial charge on any atom is 0.417 e. The van der Waals surface area contributed by atoms with Gasteiger partial charge in [-0.05, 0) is 23.8 Å². The third-order valence-corrected chi connectivity index (χ3v) is 3.69. The molecule has 4 nitrogen and oxygen atoms in total. The number of ether oxygens (including phenoxy) is 1. The van der Waals surface area contributed by atoms with Crippen LogP contribution in [0.1, 0.15) is 21.5 Å². The molecule has 0 aliphatic rings. The molecule has 0 spiro atoms. The van der Waals surface area contributed by atoms with Crippen LogP contribution in [0, 0.1) is 0 Å². The van der Waals surface area contributed by atoms with E-state index in [0.717, 1.165) is 6.20 Å². The topological polar surface area (TPSA) is 51.2 Å². The van der Waals surface area contributed by atoms with Crippen LogP contribution in [-0.2, 0) is 12.7 Å². The zero-order valence-electron chi connectivity index (χ0n) is 12.2.